The van der Waals surface area contributed by atoms with Crippen molar-refractivity contribution in [2.24, 2.45) is 0 Å². The summed E-state index contributed by atoms with van der Waals surface area (Å²) in [6.07, 6.45) is 1.26. The zero-order valence-corrected chi connectivity index (χ0v) is 8.77. The van der Waals surface area contributed by atoms with Gasteiger partial charge in [-0.05, 0) is 11.6 Å². The predicted molar refractivity (Wildman–Crippen MR) is 59.4 cm³/mol. The third kappa shape index (κ3) is 3.56. The topological polar surface area (TPSA) is 38.3 Å². The maximum Gasteiger partial charge on any atom is 0.243 e. The van der Waals surface area contributed by atoms with E-state index in [1.165, 1.54) is 6.08 Å². The second-order valence-electron chi connectivity index (χ2n) is 3.13. The van der Waals surface area contributed by atoms with Gasteiger partial charge in [0.2, 0.25) is 5.91 Å². The Morgan fingerprint density at radius 2 is 2.20 bits per heavy atom. The summed E-state index contributed by atoms with van der Waals surface area (Å²) in [7, 11) is 1.61. The van der Waals surface area contributed by atoms with Gasteiger partial charge in [0.05, 0.1) is 12.6 Å². The van der Waals surface area contributed by atoms with Crippen molar-refractivity contribution in [2.45, 2.75) is 6.04 Å². The summed E-state index contributed by atoms with van der Waals surface area (Å²) in [5, 5.41) is 2.80. The molecular weight excluding hydrogens is 190 g/mol. The normalized spacial score (nSPS) is 11.8. The molecule has 0 fully saturated rings. The summed E-state index contributed by atoms with van der Waals surface area (Å²) in [5.41, 5.74) is 1.02. The summed E-state index contributed by atoms with van der Waals surface area (Å²) in [6, 6.07) is 9.57. The molecule has 0 saturated carbocycles. The Kier molecular flexibility index (Phi) is 4.57. The molecule has 1 amide bonds. The molecule has 0 aliphatic heterocycles. The van der Waals surface area contributed by atoms with Gasteiger partial charge in [-0.2, -0.15) is 0 Å². The number of methoxy groups -OCH3 is 1. The second kappa shape index (κ2) is 5.98. The van der Waals surface area contributed by atoms with E-state index in [4.69, 9.17) is 4.74 Å². The van der Waals surface area contributed by atoms with E-state index in [1.807, 2.05) is 30.3 Å². The number of hydrogen-bond acceptors (Lipinski definition) is 2. The average Bonchev–Trinajstić information content (AvgIpc) is 2.29. The lowest BCUT2D eigenvalue weighted by molar-refractivity contribution is -0.117. The van der Waals surface area contributed by atoms with Crippen molar-refractivity contribution in [3.63, 3.8) is 0 Å². The molecule has 3 heteroatoms. The van der Waals surface area contributed by atoms with Gasteiger partial charge in [-0.15, -0.1) is 0 Å². The molecule has 1 N–H and O–H groups in total. The lowest BCUT2D eigenvalue weighted by Crippen LogP contribution is -2.29. The van der Waals surface area contributed by atoms with Gasteiger partial charge >= 0.3 is 0 Å². The maximum absolute atomic E-state index is 11.2. The summed E-state index contributed by atoms with van der Waals surface area (Å²) >= 11 is 0. The van der Waals surface area contributed by atoms with Gasteiger partial charge < -0.3 is 10.1 Å². The molecule has 0 aromatic heterocycles. The third-order valence-electron chi connectivity index (χ3n) is 2.04. The molecule has 15 heavy (non-hydrogen) atoms. The van der Waals surface area contributed by atoms with Gasteiger partial charge in [0.25, 0.3) is 0 Å². The number of rotatable bonds is 5. The van der Waals surface area contributed by atoms with Crippen LogP contribution in [0.25, 0.3) is 0 Å². The summed E-state index contributed by atoms with van der Waals surface area (Å²) in [4.78, 5) is 11.2. The molecule has 1 rings (SSSR count). The molecular formula is C12H15NO2. The number of carbonyl (C=O) groups excluding carboxylic acids is 1. The Morgan fingerprint density at radius 1 is 1.53 bits per heavy atom. The highest BCUT2D eigenvalue weighted by molar-refractivity contribution is 5.87. The van der Waals surface area contributed by atoms with E-state index < -0.39 is 0 Å². The first-order valence-electron chi connectivity index (χ1n) is 4.74. The lowest BCUT2D eigenvalue weighted by atomic mass is 10.1. The summed E-state index contributed by atoms with van der Waals surface area (Å²) in [5.74, 6) is -0.194. The highest BCUT2D eigenvalue weighted by Gasteiger charge is 2.11. The first-order chi connectivity index (χ1) is 7.27. The Labute approximate surface area is 89.8 Å². The fourth-order valence-electron chi connectivity index (χ4n) is 1.30. The van der Waals surface area contributed by atoms with E-state index in [2.05, 4.69) is 11.9 Å². The molecule has 1 aromatic rings. The van der Waals surface area contributed by atoms with E-state index in [0.717, 1.165) is 5.56 Å². The number of ether oxygens (including phenoxy) is 1. The van der Waals surface area contributed by atoms with E-state index in [-0.39, 0.29) is 11.9 Å². The van der Waals surface area contributed by atoms with Crippen molar-refractivity contribution in [1.29, 1.82) is 0 Å². The fraction of sp³-hybridized carbons (Fsp3) is 0.250. The average molecular weight is 205 g/mol. The molecule has 3 nitrogen and oxygen atoms in total. The Bertz CT molecular complexity index is 322. The first-order valence-corrected chi connectivity index (χ1v) is 4.74. The van der Waals surface area contributed by atoms with Crippen molar-refractivity contribution in [1.82, 2.24) is 5.32 Å². The third-order valence-corrected chi connectivity index (χ3v) is 2.04. The number of benzene rings is 1. The van der Waals surface area contributed by atoms with Crippen molar-refractivity contribution < 1.29 is 9.53 Å². The molecule has 0 aliphatic rings. The van der Waals surface area contributed by atoms with Crippen LogP contribution in [0.1, 0.15) is 11.6 Å². The zero-order chi connectivity index (χ0) is 11.1. The Morgan fingerprint density at radius 3 is 2.73 bits per heavy atom. The molecule has 0 radical (unpaired) electrons. The number of amides is 1. The first kappa shape index (κ1) is 11.5. The largest absolute Gasteiger partial charge is 0.382 e. The summed E-state index contributed by atoms with van der Waals surface area (Å²) < 4.78 is 5.05. The SMILES string of the molecule is C=CC(=O)N[C@H](COC)c1ccccc1. The fourth-order valence-corrected chi connectivity index (χ4v) is 1.30. The minimum absolute atomic E-state index is 0.123. The highest BCUT2D eigenvalue weighted by atomic mass is 16.5. The van der Waals surface area contributed by atoms with Gasteiger partial charge in [-0.25, -0.2) is 0 Å². The molecule has 0 aliphatic carbocycles. The number of hydrogen-bond donors (Lipinski definition) is 1. The molecule has 0 unspecified atom stereocenters. The van der Waals surface area contributed by atoms with Crippen LogP contribution in [0.5, 0.6) is 0 Å². The van der Waals surface area contributed by atoms with E-state index in [9.17, 15) is 4.79 Å². The van der Waals surface area contributed by atoms with Crippen LogP contribution in [0, 0.1) is 0 Å². The van der Waals surface area contributed by atoms with Crippen LogP contribution in [-0.4, -0.2) is 19.6 Å². The van der Waals surface area contributed by atoms with Crippen LogP contribution >= 0.6 is 0 Å². The molecule has 1 aromatic carbocycles. The van der Waals surface area contributed by atoms with Crippen LogP contribution in [0.15, 0.2) is 43.0 Å². The van der Waals surface area contributed by atoms with E-state index in [1.54, 1.807) is 7.11 Å². The molecule has 1 atom stereocenters. The monoisotopic (exact) mass is 205 g/mol. The van der Waals surface area contributed by atoms with Crippen LogP contribution < -0.4 is 5.32 Å². The van der Waals surface area contributed by atoms with Gasteiger partial charge in [-0.3, -0.25) is 4.79 Å². The highest BCUT2D eigenvalue weighted by Crippen LogP contribution is 2.12. The molecule has 0 bridgehead atoms. The van der Waals surface area contributed by atoms with Gasteiger partial charge in [0.1, 0.15) is 0 Å². The van der Waals surface area contributed by atoms with Crippen molar-refractivity contribution in [3.05, 3.63) is 48.6 Å². The standard InChI is InChI=1S/C12H15NO2/c1-3-12(14)13-11(9-15-2)10-7-5-4-6-8-10/h3-8,11H,1,9H2,2H3,(H,13,14)/t11-/m1/s1. The Balaban J connectivity index is 2.74. The molecule has 0 heterocycles. The van der Waals surface area contributed by atoms with Gasteiger partial charge in [-0.1, -0.05) is 36.9 Å². The van der Waals surface area contributed by atoms with Gasteiger partial charge in [0, 0.05) is 7.11 Å². The summed E-state index contributed by atoms with van der Waals surface area (Å²) in [6.45, 7) is 3.86. The minimum atomic E-state index is -0.194. The molecule has 0 saturated heterocycles. The van der Waals surface area contributed by atoms with E-state index in [0.29, 0.717) is 6.61 Å². The number of nitrogens with one attached hydrogen (secondary N) is 1. The molecule has 0 spiro atoms. The van der Waals surface area contributed by atoms with Crippen LogP contribution in [0.3, 0.4) is 0 Å². The van der Waals surface area contributed by atoms with Crippen LogP contribution in [-0.2, 0) is 9.53 Å². The number of carbonyl (C=O) groups is 1. The van der Waals surface area contributed by atoms with Crippen molar-refractivity contribution in [3.8, 4) is 0 Å². The maximum atomic E-state index is 11.2. The quantitative estimate of drug-likeness (QED) is 0.743. The Hall–Kier alpha value is -1.61. The zero-order valence-electron chi connectivity index (χ0n) is 8.77. The van der Waals surface area contributed by atoms with E-state index >= 15 is 0 Å². The minimum Gasteiger partial charge on any atom is -0.382 e. The predicted octanol–water partition coefficient (Wildman–Crippen LogP) is 1.68. The lowest BCUT2D eigenvalue weighted by Gasteiger charge is -2.17. The van der Waals surface area contributed by atoms with Crippen LogP contribution in [0.4, 0.5) is 0 Å². The van der Waals surface area contributed by atoms with Crippen LogP contribution in [0.2, 0.25) is 0 Å². The van der Waals surface area contributed by atoms with Crippen molar-refractivity contribution >= 4 is 5.91 Å². The van der Waals surface area contributed by atoms with Gasteiger partial charge in [0.15, 0.2) is 0 Å². The van der Waals surface area contributed by atoms with Crippen molar-refractivity contribution in [2.75, 3.05) is 13.7 Å². The second-order valence-corrected chi connectivity index (χ2v) is 3.13. The molecule has 80 valence electrons. The smallest absolute Gasteiger partial charge is 0.243 e.